The first kappa shape index (κ1) is 16.7. The molecule has 24 heavy (non-hydrogen) atoms. The molecular weight excluding hydrogens is 330 g/mol. The van der Waals surface area contributed by atoms with Crippen LogP contribution in [-0.2, 0) is 14.3 Å². The lowest BCUT2D eigenvalue weighted by Gasteiger charge is -2.44. The van der Waals surface area contributed by atoms with Gasteiger partial charge in [-0.1, -0.05) is 12.2 Å². The van der Waals surface area contributed by atoms with Gasteiger partial charge in [0, 0.05) is 16.8 Å². The Morgan fingerprint density at radius 2 is 1.83 bits per heavy atom. The van der Waals surface area contributed by atoms with Crippen LogP contribution in [0.4, 0.5) is 5.00 Å². The highest BCUT2D eigenvalue weighted by Gasteiger charge is 2.45. The van der Waals surface area contributed by atoms with Gasteiger partial charge in [0.2, 0.25) is 5.91 Å². The Bertz CT molecular complexity index is 723. The Morgan fingerprint density at radius 1 is 1.21 bits per heavy atom. The lowest BCUT2D eigenvalue weighted by molar-refractivity contribution is -0.316. The van der Waals surface area contributed by atoms with Crippen LogP contribution >= 0.6 is 11.3 Å². The molecule has 0 radical (unpaired) electrons. The third-order valence-corrected chi connectivity index (χ3v) is 5.79. The molecule has 0 spiro atoms. The SMILES string of the molecule is COC(=O)c1cc(C)sc1NC(=O)[C@H]1[C@@H](C(=O)[O-])[C@H]2C=C[C@H]1CC2. The maximum absolute atomic E-state index is 12.8. The molecule has 0 saturated heterocycles. The number of allylic oxidation sites excluding steroid dienone is 2. The van der Waals surface area contributed by atoms with Crippen LogP contribution in [0.3, 0.4) is 0 Å². The highest BCUT2D eigenvalue weighted by Crippen LogP contribution is 2.45. The van der Waals surface area contributed by atoms with E-state index in [2.05, 4.69) is 5.32 Å². The average molecular weight is 348 g/mol. The number of anilines is 1. The van der Waals surface area contributed by atoms with Crippen LogP contribution in [-0.4, -0.2) is 25.0 Å². The maximum atomic E-state index is 12.8. The van der Waals surface area contributed by atoms with Crippen LogP contribution in [0.5, 0.6) is 0 Å². The van der Waals surface area contributed by atoms with E-state index in [9.17, 15) is 19.5 Å². The second kappa shape index (κ2) is 6.39. The van der Waals surface area contributed by atoms with Gasteiger partial charge in [0.25, 0.3) is 0 Å². The van der Waals surface area contributed by atoms with Crippen molar-refractivity contribution in [3.63, 3.8) is 0 Å². The number of aliphatic carboxylic acids is 1. The highest BCUT2D eigenvalue weighted by molar-refractivity contribution is 7.16. The smallest absolute Gasteiger partial charge is 0.340 e. The number of carbonyl (C=O) groups is 3. The number of carboxylic acids is 1. The van der Waals surface area contributed by atoms with Crippen LogP contribution in [0.1, 0.15) is 28.1 Å². The summed E-state index contributed by atoms with van der Waals surface area (Å²) in [5.41, 5.74) is 0.287. The minimum Gasteiger partial charge on any atom is -0.550 e. The fourth-order valence-corrected chi connectivity index (χ4v) is 4.64. The third kappa shape index (κ3) is 2.84. The zero-order valence-corrected chi connectivity index (χ0v) is 14.2. The number of hydrogen-bond acceptors (Lipinski definition) is 6. The van der Waals surface area contributed by atoms with Crippen molar-refractivity contribution in [1.29, 1.82) is 0 Å². The predicted molar refractivity (Wildman–Crippen MR) is 86.4 cm³/mol. The number of esters is 1. The molecule has 7 heteroatoms. The standard InChI is InChI=1S/C17H19NO5S/c1-8-7-11(17(22)23-2)15(24-8)18-14(19)12-9-3-5-10(6-4-9)13(12)16(20)21/h3,5,7,9-10,12-13H,4,6H2,1-2H3,(H,18,19)(H,20,21)/p-1/t9-,10-,12+,13-/m0/s1. The van der Waals surface area contributed by atoms with E-state index in [1.54, 1.807) is 6.07 Å². The Balaban J connectivity index is 1.86. The van der Waals surface area contributed by atoms with Crippen molar-refractivity contribution in [3.05, 3.63) is 28.7 Å². The summed E-state index contributed by atoms with van der Waals surface area (Å²) in [4.78, 5) is 37.0. The molecule has 0 unspecified atom stereocenters. The molecule has 1 N–H and O–H groups in total. The first-order valence-corrected chi connectivity index (χ1v) is 8.62. The van der Waals surface area contributed by atoms with Gasteiger partial charge in [-0.2, -0.15) is 0 Å². The summed E-state index contributed by atoms with van der Waals surface area (Å²) in [6.07, 6.45) is 5.36. The number of aryl methyl sites for hydroxylation is 1. The molecule has 4 atom stereocenters. The van der Waals surface area contributed by atoms with E-state index in [0.717, 1.165) is 17.7 Å². The van der Waals surface area contributed by atoms with Crippen LogP contribution in [0.2, 0.25) is 0 Å². The monoisotopic (exact) mass is 348 g/mol. The molecule has 128 valence electrons. The molecular formula is C17H18NO5S-. The van der Waals surface area contributed by atoms with E-state index >= 15 is 0 Å². The summed E-state index contributed by atoms with van der Waals surface area (Å²) < 4.78 is 4.73. The predicted octanol–water partition coefficient (Wildman–Crippen LogP) is 1.36. The summed E-state index contributed by atoms with van der Waals surface area (Å²) in [5, 5.41) is 14.7. The molecule has 0 aliphatic heterocycles. The van der Waals surface area contributed by atoms with E-state index in [1.165, 1.54) is 18.4 Å². The van der Waals surface area contributed by atoms with Crippen LogP contribution in [0.15, 0.2) is 18.2 Å². The molecule has 1 heterocycles. The normalized spacial score (nSPS) is 27.8. The average Bonchev–Trinajstić information content (AvgIpc) is 2.94. The summed E-state index contributed by atoms with van der Waals surface area (Å²) in [6, 6.07) is 1.65. The van der Waals surface area contributed by atoms with E-state index in [1.807, 2.05) is 19.1 Å². The Morgan fingerprint density at radius 3 is 2.38 bits per heavy atom. The molecule has 4 rings (SSSR count). The number of rotatable bonds is 4. The van der Waals surface area contributed by atoms with E-state index in [4.69, 9.17) is 4.74 Å². The third-order valence-electron chi connectivity index (χ3n) is 4.82. The van der Waals surface area contributed by atoms with Gasteiger partial charge in [-0.25, -0.2) is 4.79 Å². The number of hydrogen-bond donors (Lipinski definition) is 1. The van der Waals surface area contributed by atoms with E-state index in [-0.39, 0.29) is 23.3 Å². The lowest BCUT2D eigenvalue weighted by Crippen LogP contribution is -2.51. The van der Waals surface area contributed by atoms with E-state index in [0.29, 0.717) is 5.00 Å². The van der Waals surface area contributed by atoms with Crippen LogP contribution < -0.4 is 10.4 Å². The lowest BCUT2D eigenvalue weighted by atomic mass is 9.62. The second-order valence-corrected chi connectivity index (χ2v) is 7.50. The molecule has 1 saturated carbocycles. The van der Waals surface area contributed by atoms with E-state index < -0.39 is 23.8 Å². The topological polar surface area (TPSA) is 95.5 Å². The minimum absolute atomic E-state index is 0.111. The minimum atomic E-state index is -1.19. The van der Waals surface area contributed by atoms with Crippen LogP contribution in [0, 0.1) is 30.6 Å². The van der Waals surface area contributed by atoms with Gasteiger partial charge in [-0.15, -0.1) is 11.3 Å². The van der Waals surface area contributed by atoms with Gasteiger partial charge in [-0.3, -0.25) is 4.79 Å². The van der Waals surface area contributed by atoms with Crippen molar-refractivity contribution >= 4 is 34.2 Å². The van der Waals surface area contributed by atoms with Gasteiger partial charge in [-0.05, 0) is 37.7 Å². The fourth-order valence-electron chi connectivity index (χ4n) is 3.74. The molecule has 1 aromatic heterocycles. The second-order valence-electron chi connectivity index (χ2n) is 6.24. The summed E-state index contributed by atoms with van der Waals surface area (Å²) in [6.45, 7) is 1.82. The quantitative estimate of drug-likeness (QED) is 0.655. The summed E-state index contributed by atoms with van der Waals surface area (Å²) in [5.74, 6) is -3.87. The number of amides is 1. The summed E-state index contributed by atoms with van der Waals surface area (Å²) in [7, 11) is 1.28. The maximum Gasteiger partial charge on any atom is 0.340 e. The first-order chi connectivity index (χ1) is 11.4. The molecule has 6 nitrogen and oxygen atoms in total. The largest absolute Gasteiger partial charge is 0.550 e. The van der Waals surface area contributed by atoms with Gasteiger partial charge in [0.05, 0.1) is 18.6 Å². The molecule has 1 fully saturated rings. The van der Waals surface area contributed by atoms with Gasteiger partial charge in [0.1, 0.15) is 5.00 Å². The Kier molecular flexibility index (Phi) is 4.45. The molecule has 1 amide bonds. The fraction of sp³-hybridized carbons (Fsp3) is 0.471. The first-order valence-electron chi connectivity index (χ1n) is 7.81. The molecule has 0 aromatic carbocycles. The Hall–Kier alpha value is -2.15. The molecule has 2 bridgehead atoms. The van der Waals surface area contributed by atoms with Crippen molar-refractivity contribution < 1.29 is 24.2 Å². The van der Waals surface area contributed by atoms with Crippen molar-refractivity contribution in [3.8, 4) is 0 Å². The molecule has 1 aromatic rings. The van der Waals surface area contributed by atoms with Gasteiger partial charge < -0.3 is 20.0 Å². The van der Waals surface area contributed by atoms with Gasteiger partial charge >= 0.3 is 5.97 Å². The number of carbonyl (C=O) groups excluding carboxylic acids is 3. The number of ether oxygens (including phenoxy) is 1. The number of carboxylic acid groups (broad SMARTS) is 1. The molecule has 3 aliphatic carbocycles. The van der Waals surface area contributed by atoms with Crippen molar-refractivity contribution in [2.45, 2.75) is 19.8 Å². The van der Waals surface area contributed by atoms with Crippen LogP contribution in [0.25, 0.3) is 0 Å². The zero-order valence-electron chi connectivity index (χ0n) is 13.4. The zero-order chi connectivity index (χ0) is 17.4. The Labute approximate surface area is 143 Å². The van der Waals surface area contributed by atoms with Crippen molar-refractivity contribution in [1.82, 2.24) is 0 Å². The van der Waals surface area contributed by atoms with Crippen molar-refractivity contribution in [2.24, 2.45) is 23.7 Å². The number of nitrogens with one attached hydrogen (secondary N) is 1. The summed E-state index contributed by atoms with van der Waals surface area (Å²) >= 11 is 1.27. The number of methoxy groups -OCH3 is 1. The molecule has 3 aliphatic rings. The van der Waals surface area contributed by atoms with Gasteiger partial charge in [0.15, 0.2) is 0 Å². The number of thiophene rings is 1. The highest BCUT2D eigenvalue weighted by atomic mass is 32.1. The van der Waals surface area contributed by atoms with Crippen molar-refractivity contribution in [2.75, 3.05) is 12.4 Å². The number of fused-ring (bicyclic) bond motifs is 2.